The fraction of sp³-hybridized carbons (Fsp3) is 0.591. The van der Waals surface area contributed by atoms with Crippen molar-refractivity contribution in [3.63, 3.8) is 0 Å². The van der Waals surface area contributed by atoms with Gasteiger partial charge in [0.2, 0.25) is 0 Å². The van der Waals surface area contributed by atoms with Crippen molar-refractivity contribution >= 4 is 41.7 Å². The highest BCUT2D eigenvalue weighted by Crippen LogP contribution is 2.20. The van der Waals surface area contributed by atoms with Crippen molar-refractivity contribution in [1.82, 2.24) is 25.4 Å². The van der Waals surface area contributed by atoms with Crippen LogP contribution in [0.4, 0.5) is 0 Å². The summed E-state index contributed by atoms with van der Waals surface area (Å²) in [5, 5.41) is 16.3. The molecule has 0 aliphatic heterocycles. The number of ether oxygens (including phenoxy) is 2. The lowest BCUT2D eigenvalue weighted by molar-refractivity contribution is 0.223. The van der Waals surface area contributed by atoms with Crippen LogP contribution >= 0.6 is 35.7 Å². The van der Waals surface area contributed by atoms with E-state index in [2.05, 4.69) is 44.2 Å². The zero-order valence-electron chi connectivity index (χ0n) is 19.9. The van der Waals surface area contributed by atoms with E-state index in [0.717, 1.165) is 54.4 Å². The maximum Gasteiger partial charge on any atom is 0.191 e. The minimum atomic E-state index is -0.0230. The lowest BCUT2D eigenvalue weighted by Gasteiger charge is -2.18. The third-order valence-corrected chi connectivity index (χ3v) is 5.22. The third kappa shape index (κ3) is 9.43. The van der Waals surface area contributed by atoms with E-state index in [9.17, 15) is 0 Å². The largest absolute Gasteiger partial charge is 0.497 e. The Morgan fingerprint density at radius 1 is 1.19 bits per heavy atom. The van der Waals surface area contributed by atoms with Crippen LogP contribution in [0.25, 0.3) is 0 Å². The predicted octanol–water partition coefficient (Wildman–Crippen LogP) is 3.85. The zero-order valence-corrected chi connectivity index (χ0v) is 23.1. The van der Waals surface area contributed by atoms with E-state index in [4.69, 9.17) is 9.47 Å². The van der Waals surface area contributed by atoms with Gasteiger partial charge in [0, 0.05) is 32.6 Å². The van der Waals surface area contributed by atoms with Crippen LogP contribution in [0.5, 0.6) is 11.5 Å². The summed E-state index contributed by atoms with van der Waals surface area (Å²) in [6.07, 6.45) is 3.84. The van der Waals surface area contributed by atoms with Crippen molar-refractivity contribution in [2.45, 2.75) is 51.4 Å². The minimum absolute atomic E-state index is 0. The molecule has 2 N–H and O–H groups in total. The summed E-state index contributed by atoms with van der Waals surface area (Å²) in [6, 6.07) is 7.62. The molecule has 0 fully saturated rings. The second-order valence-corrected chi connectivity index (χ2v) is 8.47. The van der Waals surface area contributed by atoms with Gasteiger partial charge in [-0.1, -0.05) is 31.7 Å². The van der Waals surface area contributed by atoms with Crippen LogP contribution in [0.3, 0.4) is 0 Å². The van der Waals surface area contributed by atoms with E-state index in [0.29, 0.717) is 12.5 Å². The van der Waals surface area contributed by atoms with E-state index in [1.165, 1.54) is 0 Å². The standard InChI is InChI=1S/C22H36N6O2S.HI/c1-16(2)15-28-20(26-27-22(28)31-6)11-8-12-24-21(23-4)25-14-17(3)30-19-10-7-9-18(13-19)29-5;/h7,9-10,13,16-17H,8,11-12,14-15H2,1-6H3,(H2,23,24,25);1H. The summed E-state index contributed by atoms with van der Waals surface area (Å²) in [6.45, 7) is 8.82. The molecule has 2 aromatic rings. The molecule has 1 atom stereocenters. The number of halogens is 1. The molecule has 0 bridgehead atoms. The van der Waals surface area contributed by atoms with Gasteiger partial charge in [-0.15, -0.1) is 34.2 Å². The number of thioether (sulfide) groups is 1. The van der Waals surface area contributed by atoms with Crippen molar-refractivity contribution in [3.8, 4) is 11.5 Å². The SMILES string of the molecule is CN=C(NCCCc1nnc(SC)n1CC(C)C)NCC(C)Oc1cccc(OC)c1.I. The van der Waals surface area contributed by atoms with Crippen LogP contribution in [0.2, 0.25) is 0 Å². The number of aliphatic imine (C=N–C) groups is 1. The molecule has 0 spiro atoms. The summed E-state index contributed by atoms with van der Waals surface area (Å²) in [4.78, 5) is 4.30. The molecule has 1 aromatic heterocycles. The van der Waals surface area contributed by atoms with E-state index < -0.39 is 0 Å². The Morgan fingerprint density at radius 2 is 1.94 bits per heavy atom. The normalized spacial score (nSPS) is 12.3. The van der Waals surface area contributed by atoms with E-state index >= 15 is 0 Å². The molecule has 0 aliphatic carbocycles. The molecular formula is C22H37IN6O2S. The number of hydrogen-bond acceptors (Lipinski definition) is 6. The van der Waals surface area contributed by atoms with Gasteiger partial charge in [0.25, 0.3) is 0 Å². The maximum atomic E-state index is 5.95. The molecule has 0 aliphatic rings. The molecule has 0 amide bonds. The summed E-state index contributed by atoms with van der Waals surface area (Å²) in [5.41, 5.74) is 0. The smallest absolute Gasteiger partial charge is 0.191 e. The van der Waals surface area contributed by atoms with Crippen LogP contribution in [-0.4, -0.2) is 60.3 Å². The summed E-state index contributed by atoms with van der Waals surface area (Å²) in [5.74, 6) is 3.93. The lowest BCUT2D eigenvalue weighted by atomic mass is 10.2. The summed E-state index contributed by atoms with van der Waals surface area (Å²) < 4.78 is 13.4. The Balaban J connectivity index is 0.00000512. The quantitative estimate of drug-likeness (QED) is 0.131. The topological polar surface area (TPSA) is 85.6 Å². The Hall–Kier alpha value is -1.69. The highest BCUT2D eigenvalue weighted by molar-refractivity contribution is 14.0. The van der Waals surface area contributed by atoms with Crippen LogP contribution in [-0.2, 0) is 13.0 Å². The summed E-state index contributed by atoms with van der Waals surface area (Å²) >= 11 is 1.64. The van der Waals surface area contributed by atoms with Crippen LogP contribution in [0.15, 0.2) is 34.4 Å². The van der Waals surface area contributed by atoms with Crippen molar-refractivity contribution < 1.29 is 9.47 Å². The van der Waals surface area contributed by atoms with Crippen molar-refractivity contribution in [3.05, 3.63) is 30.1 Å². The Morgan fingerprint density at radius 3 is 2.59 bits per heavy atom. The molecule has 1 aromatic carbocycles. The number of nitrogens with one attached hydrogen (secondary N) is 2. The fourth-order valence-electron chi connectivity index (χ4n) is 3.07. The highest BCUT2D eigenvalue weighted by Gasteiger charge is 2.12. The fourth-order valence-corrected chi connectivity index (χ4v) is 3.59. The second-order valence-electron chi connectivity index (χ2n) is 7.70. The van der Waals surface area contributed by atoms with Crippen molar-refractivity contribution in [2.24, 2.45) is 10.9 Å². The van der Waals surface area contributed by atoms with Gasteiger partial charge < -0.3 is 24.7 Å². The van der Waals surface area contributed by atoms with Crippen molar-refractivity contribution in [2.75, 3.05) is 33.5 Å². The molecule has 2 rings (SSSR count). The molecule has 180 valence electrons. The van der Waals surface area contributed by atoms with E-state index in [-0.39, 0.29) is 30.1 Å². The average Bonchev–Trinajstić information content (AvgIpc) is 3.14. The molecule has 0 saturated carbocycles. The van der Waals surface area contributed by atoms with Gasteiger partial charge in [-0.3, -0.25) is 4.99 Å². The molecule has 0 saturated heterocycles. The van der Waals surface area contributed by atoms with Crippen LogP contribution < -0.4 is 20.1 Å². The minimum Gasteiger partial charge on any atom is -0.497 e. The lowest BCUT2D eigenvalue weighted by Crippen LogP contribution is -2.42. The Labute approximate surface area is 213 Å². The highest BCUT2D eigenvalue weighted by atomic mass is 127. The van der Waals surface area contributed by atoms with Gasteiger partial charge in [0.1, 0.15) is 23.4 Å². The zero-order chi connectivity index (χ0) is 22.6. The molecule has 8 nitrogen and oxygen atoms in total. The Kier molecular flexibility index (Phi) is 13.5. The van der Waals surface area contributed by atoms with Gasteiger partial charge >= 0.3 is 0 Å². The first-order chi connectivity index (χ1) is 15.0. The number of benzene rings is 1. The van der Waals surface area contributed by atoms with Gasteiger partial charge in [-0.25, -0.2) is 0 Å². The van der Waals surface area contributed by atoms with Gasteiger partial charge in [0.15, 0.2) is 11.1 Å². The average molecular weight is 577 g/mol. The number of aromatic nitrogens is 3. The second kappa shape index (κ2) is 15.2. The Bertz CT molecular complexity index is 831. The number of guanidine groups is 1. The van der Waals surface area contributed by atoms with Crippen molar-refractivity contribution in [1.29, 1.82) is 0 Å². The first kappa shape index (κ1) is 28.3. The number of hydrogen-bond donors (Lipinski definition) is 2. The first-order valence-electron chi connectivity index (χ1n) is 10.7. The molecular weight excluding hydrogens is 539 g/mol. The van der Waals surface area contributed by atoms with Crippen LogP contribution in [0, 0.1) is 5.92 Å². The van der Waals surface area contributed by atoms with E-state index in [1.807, 2.05) is 37.4 Å². The van der Waals surface area contributed by atoms with Crippen LogP contribution in [0.1, 0.15) is 33.0 Å². The third-order valence-electron chi connectivity index (χ3n) is 4.55. The van der Waals surface area contributed by atoms with Gasteiger partial charge in [-0.2, -0.15) is 0 Å². The number of aryl methyl sites for hydroxylation is 1. The monoisotopic (exact) mass is 576 g/mol. The molecule has 32 heavy (non-hydrogen) atoms. The van der Waals surface area contributed by atoms with E-state index in [1.54, 1.807) is 25.9 Å². The van der Waals surface area contributed by atoms with Gasteiger partial charge in [-0.05, 0) is 37.7 Å². The number of nitrogens with zero attached hydrogens (tertiary/aromatic N) is 4. The molecule has 10 heteroatoms. The number of methoxy groups -OCH3 is 1. The predicted molar refractivity (Wildman–Crippen MR) is 143 cm³/mol. The first-order valence-corrected chi connectivity index (χ1v) is 11.9. The molecule has 1 unspecified atom stereocenters. The molecule has 1 heterocycles. The summed E-state index contributed by atoms with van der Waals surface area (Å²) in [7, 11) is 3.42. The van der Waals surface area contributed by atoms with Gasteiger partial charge in [0.05, 0.1) is 13.7 Å². The maximum absolute atomic E-state index is 5.95. The molecule has 0 radical (unpaired) electrons. The number of rotatable bonds is 12.